The molecular formula is C16H17NO4. The number of aryl methyl sites for hydroxylation is 1. The molecule has 2 aromatic carbocycles. The number of ether oxygens (including phenoxy) is 1. The SMILES string of the molecule is COc1ccc([C@H](C[N+](=O)[O-])c2cc(C)ccc2O)cc1. The predicted octanol–water partition coefficient (Wildman–Crippen LogP) is 3.12. The summed E-state index contributed by atoms with van der Waals surface area (Å²) in [5.41, 5.74) is 2.29. The molecule has 0 saturated heterocycles. The van der Waals surface area contributed by atoms with E-state index in [0.717, 1.165) is 11.1 Å². The molecule has 110 valence electrons. The van der Waals surface area contributed by atoms with Crippen molar-refractivity contribution >= 4 is 0 Å². The minimum Gasteiger partial charge on any atom is -0.508 e. The number of methoxy groups -OCH3 is 1. The van der Waals surface area contributed by atoms with Gasteiger partial charge in [-0.05, 0) is 30.7 Å². The average molecular weight is 287 g/mol. The van der Waals surface area contributed by atoms with E-state index in [-0.39, 0.29) is 17.2 Å². The number of rotatable bonds is 5. The highest BCUT2D eigenvalue weighted by molar-refractivity contribution is 5.44. The van der Waals surface area contributed by atoms with Crippen molar-refractivity contribution in [3.8, 4) is 11.5 Å². The summed E-state index contributed by atoms with van der Waals surface area (Å²) in [6.07, 6.45) is 0. The van der Waals surface area contributed by atoms with E-state index in [1.165, 1.54) is 0 Å². The van der Waals surface area contributed by atoms with Crippen LogP contribution in [0.4, 0.5) is 0 Å². The second-order valence-corrected chi connectivity index (χ2v) is 4.90. The molecule has 0 fully saturated rings. The molecular weight excluding hydrogens is 270 g/mol. The first-order valence-corrected chi connectivity index (χ1v) is 6.56. The van der Waals surface area contributed by atoms with Crippen LogP contribution in [0.25, 0.3) is 0 Å². The summed E-state index contributed by atoms with van der Waals surface area (Å²) in [5.74, 6) is 0.265. The van der Waals surface area contributed by atoms with Gasteiger partial charge in [0.05, 0.1) is 13.0 Å². The van der Waals surface area contributed by atoms with Gasteiger partial charge in [-0.3, -0.25) is 10.1 Å². The van der Waals surface area contributed by atoms with Gasteiger partial charge >= 0.3 is 0 Å². The molecule has 2 rings (SSSR count). The highest BCUT2D eigenvalue weighted by atomic mass is 16.6. The Kier molecular flexibility index (Phi) is 4.42. The van der Waals surface area contributed by atoms with E-state index < -0.39 is 5.92 Å². The summed E-state index contributed by atoms with van der Waals surface area (Å²) in [6, 6.07) is 12.2. The fourth-order valence-electron chi connectivity index (χ4n) is 2.32. The maximum absolute atomic E-state index is 11.0. The van der Waals surface area contributed by atoms with Crippen LogP contribution in [-0.2, 0) is 0 Å². The maximum Gasteiger partial charge on any atom is 0.214 e. The standard InChI is InChI=1S/C16H17NO4/c1-11-3-8-16(18)14(9-11)15(10-17(19)20)12-4-6-13(21-2)7-5-12/h3-9,15,18H,10H2,1-2H3/t15-/m0/s1. The maximum atomic E-state index is 11.0. The van der Waals surface area contributed by atoms with Gasteiger partial charge in [-0.2, -0.15) is 0 Å². The molecule has 0 radical (unpaired) electrons. The lowest BCUT2D eigenvalue weighted by Crippen LogP contribution is -2.14. The van der Waals surface area contributed by atoms with Crippen LogP contribution in [-0.4, -0.2) is 23.7 Å². The summed E-state index contributed by atoms with van der Waals surface area (Å²) in [6.45, 7) is 1.61. The first kappa shape index (κ1) is 14.8. The highest BCUT2D eigenvalue weighted by Gasteiger charge is 2.23. The molecule has 0 spiro atoms. The quantitative estimate of drug-likeness (QED) is 0.677. The second-order valence-electron chi connectivity index (χ2n) is 4.90. The van der Waals surface area contributed by atoms with Crippen molar-refractivity contribution < 1.29 is 14.8 Å². The van der Waals surface area contributed by atoms with Crippen molar-refractivity contribution in [2.75, 3.05) is 13.7 Å². The van der Waals surface area contributed by atoms with E-state index in [2.05, 4.69) is 0 Å². The fraction of sp³-hybridized carbons (Fsp3) is 0.250. The minimum absolute atomic E-state index is 0.0725. The summed E-state index contributed by atoms with van der Waals surface area (Å²) in [7, 11) is 1.57. The average Bonchev–Trinajstić information content (AvgIpc) is 2.47. The molecule has 0 unspecified atom stereocenters. The lowest BCUT2D eigenvalue weighted by molar-refractivity contribution is -0.481. The minimum atomic E-state index is -0.495. The van der Waals surface area contributed by atoms with Crippen molar-refractivity contribution in [3.63, 3.8) is 0 Å². The highest BCUT2D eigenvalue weighted by Crippen LogP contribution is 2.33. The number of phenols is 1. The van der Waals surface area contributed by atoms with Gasteiger partial charge < -0.3 is 9.84 Å². The smallest absolute Gasteiger partial charge is 0.214 e. The molecule has 2 aromatic rings. The number of nitrogens with zero attached hydrogens (tertiary/aromatic N) is 1. The molecule has 0 amide bonds. The molecule has 1 atom stereocenters. The second kappa shape index (κ2) is 6.26. The van der Waals surface area contributed by atoms with Crippen LogP contribution < -0.4 is 4.74 Å². The molecule has 21 heavy (non-hydrogen) atoms. The predicted molar refractivity (Wildman–Crippen MR) is 79.5 cm³/mol. The van der Waals surface area contributed by atoms with Gasteiger partial charge in [0.15, 0.2) is 0 Å². The van der Waals surface area contributed by atoms with Gasteiger partial charge in [0, 0.05) is 10.5 Å². The van der Waals surface area contributed by atoms with Crippen LogP contribution in [0.3, 0.4) is 0 Å². The molecule has 1 N–H and O–H groups in total. The molecule has 0 heterocycles. The molecule has 0 saturated carbocycles. The Labute approximate surface area is 123 Å². The van der Waals surface area contributed by atoms with E-state index in [0.29, 0.717) is 11.3 Å². The van der Waals surface area contributed by atoms with E-state index in [1.54, 1.807) is 49.6 Å². The zero-order valence-electron chi connectivity index (χ0n) is 11.9. The van der Waals surface area contributed by atoms with Crippen LogP contribution in [0.5, 0.6) is 11.5 Å². The van der Waals surface area contributed by atoms with Crippen molar-refractivity contribution in [1.82, 2.24) is 0 Å². The Morgan fingerprint density at radius 3 is 2.48 bits per heavy atom. The van der Waals surface area contributed by atoms with Crippen LogP contribution in [0, 0.1) is 17.0 Å². The first-order valence-electron chi connectivity index (χ1n) is 6.56. The Morgan fingerprint density at radius 2 is 1.90 bits per heavy atom. The Bertz CT molecular complexity index is 637. The van der Waals surface area contributed by atoms with Gasteiger partial charge in [0.25, 0.3) is 0 Å². The molecule has 5 heteroatoms. The summed E-state index contributed by atoms with van der Waals surface area (Å²) >= 11 is 0. The van der Waals surface area contributed by atoms with Gasteiger partial charge in [-0.25, -0.2) is 0 Å². The molecule has 0 bridgehead atoms. The number of hydrogen-bond acceptors (Lipinski definition) is 4. The zero-order chi connectivity index (χ0) is 15.4. The Balaban J connectivity index is 2.46. The molecule has 5 nitrogen and oxygen atoms in total. The lowest BCUT2D eigenvalue weighted by Gasteiger charge is -2.16. The molecule has 0 aromatic heterocycles. The fourth-order valence-corrected chi connectivity index (χ4v) is 2.32. The summed E-state index contributed by atoms with van der Waals surface area (Å²) in [4.78, 5) is 10.6. The van der Waals surface area contributed by atoms with Crippen LogP contribution in [0.15, 0.2) is 42.5 Å². The third kappa shape index (κ3) is 3.51. The number of phenolic OH excluding ortho intramolecular Hbond substituents is 1. The van der Waals surface area contributed by atoms with Crippen LogP contribution >= 0.6 is 0 Å². The topological polar surface area (TPSA) is 72.6 Å². The van der Waals surface area contributed by atoms with E-state index in [1.807, 2.05) is 6.92 Å². The molecule has 0 aliphatic heterocycles. The largest absolute Gasteiger partial charge is 0.508 e. The zero-order valence-corrected chi connectivity index (χ0v) is 11.9. The summed E-state index contributed by atoms with van der Waals surface area (Å²) < 4.78 is 5.10. The number of hydrogen-bond donors (Lipinski definition) is 1. The third-order valence-electron chi connectivity index (χ3n) is 3.41. The van der Waals surface area contributed by atoms with Crippen molar-refractivity contribution in [2.45, 2.75) is 12.8 Å². The monoisotopic (exact) mass is 287 g/mol. The number of nitro groups is 1. The van der Waals surface area contributed by atoms with Crippen molar-refractivity contribution in [1.29, 1.82) is 0 Å². The number of aromatic hydroxyl groups is 1. The van der Waals surface area contributed by atoms with Gasteiger partial charge in [-0.1, -0.05) is 29.8 Å². The lowest BCUT2D eigenvalue weighted by atomic mass is 9.89. The van der Waals surface area contributed by atoms with E-state index in [9.17, 15) is 15.2 Å². The Morgan fingerprint density at radius 1 is 1.24 bits per heavy atom. The van der Waals surface area contributed by atoms with E-state index >= 15 is 0 Å². The van der Waals surface area contributed by atoms with E-state index in [4.69, 9.17) is 4.74 Å². The van der Waals surface area contributed by atoms with Crippen molar-refractivity contribution in [2.24, 2.45) is 0 Å². The third-order valence-corrected chi connectivity index (χ3v) is 3.41. The Hall–Kier alpha value is -2.56. The van der Waals surface area contributed by atoms with Crippen LogP contribution in [0.1, 0.15) is 22.6 Å². The molecule has 0 aliphatic rings. The van der Waals surface area contributed by atoms with Crippen LogP contribution in [0.2, 0.25) is 0 Å². The van der Waals surface area contributed by atoms with Gasteiger partial charge in [0.2, 0.25) is 6.54 Å². The summed E-state index contributed by atoms with van der Waals surface area (Å²) in [5, 5.41) is 21.0. The normalized spacial score (nSPS) is 11.9. The van der Waals surface area contributed by atoms with Crippen molar-refractivity contribution in [3.05, 3.63) is 69.3 Å². The number of benzene rings is 2. The first-order chi connectivity index (χ1) is 10.0. The van der Waals surface area contributed by atoms with Gasteiger partial charge in [-0.15, -0.1) is 0 Å². The molecule has 0 aliphatic carbocycles. The van der Waals surface area contributed by atoms with Gasteiger partial charge in [0.1, 0.15) is 11.5 Å².